The number of aliphatic hydroxyl groups excluding tert-OH is 1. The monoisotopic (exact) mass is 249 g/mol. The van der Waals surface area contributed by atoms with Crippen molar-refractivity contribution < 1.29 is 14.3 Å². The Morgan fingerprint density at radius 3 is 2.72 bits per heavy atom. The van der Waals surface area contributed by atoms with E-state index in [1.54, 1.807) is 12.1 Å². The summed E-state index contributed by atoms with van der Waals surface area (Å²) in [4.78, 5) is 11.7. The van der Waals surface area contributed by atoms with Crippen LogP contribution in [0.1, 0.15) is 24.5 Å². The van der Waals surface area contributed by atoms with E-state index >= 15 is 0 Å². The molecule has 2 rings (SSSR count). The van der Waals surface area contributed by atoms with E-state index in [-0.39, 0.29) is 23.9 Å². The van der Waals surface area contributed by atoms with Crippen LogP contribution >= 0.6 is 0 Å². The fourth-order valence-electron chi connectivity index (χ4n) is 2.03. The molecule has 0 spiro atoms. The Balaban J connectivity index is 1.86. The number of benzene rings is 1. The van der Waals surface area contributed by atoms with Crippen molar-refractivity contribution in [1.29, 1.82) is 0 Å². The number of hydrogen-bond acceptors (Lipinski definition) is 2. The fourth-order valence-corrected chi connectivity index (χ4v) is 2.03. The first-order valence-corrected chi connectivity index (χ1v) is 6.03. The van der Waals surface area contributed by atoms with E-state index in [0.717, 1.165) is 12.8 Å². The Kier molecular flexibility index (Phi) is 4.10. The molecule has 0 heterocycles. The summed E-state index contributed by atoms with van der Waals surface area (Å²) in [7, 11) is 0. The molecule has 2 N–H and O–H groups in total. The van der Waals surface area contributed by atoms with Crippen LogP contribution in [-0.4, -0.2) is 17.6 Å². The van der Waals surface area contributed by atoms with Crippen molar-refractivity contribution in [2.24, 2.45) is 5.92 Å². The number of carbonyl (C=O) groups is 1. The summed E-state index contributed by atoms with van der Waals surface area (Å²) in [6, 6.07) is 6.03. The zero-order valence-corrected chi connectivity index (χ0v) is 9.97. The maximum Gasteiger partial charge on any atom is 0.223 e. The highest BCUT2D eigenvalue weighted by molar-refractivity contribution is 5.79. The summed E-state index contributed by atoms with van der Waals surface area (Å²) in [6.45, 7) is 0.0380. The van der Waals surface area contributed by atoms with Gasteiger partial charge in [0.1, 0.15) is 5.82 Å². The van der Waals surface area contributed by atoms with E-state index in [2.05, 4.69) is 5.32 Å². The Morgan fingerprint density at radius 2 is 2.06 bits per heavy atom. The second kappa shape index (κ2) is 5.78. The zero-order valence-electron chi connectivity index (χ0n) is 9.97. The van der Waals surface area contributed by atoms with E-state index < -0.39 is 11.9 Å². The molecule has 0 bridgehead atoms. The van der Waals surface area contributed by atoms with Crippen LogP contribution in [0.5, 0.6) is 0 Å². The van der Waals surface area contributed by atoms with Gasteiger partial charge in [0.05, 0.1) is 6.10 Å². The molecule has 0 aromatic heterocycles. The normalized spacial score (nSPS) is 16.8. The Hall–Kier alpha value is -1.68. The van der Waals surface area contributed by atoms with E-state index in [1.807, 2.05) is 12.2 Å². The first kappa shape index (κ1) is 12.8. The number of nitrogens with one attached hydrogen (secondary N) is 1. The highest BCUT2D eigenvalue weighted by Gasteiger charge is 2.20. The standard InChI is InChI=1S/C14H16FNO2/c15-12-8-4-3-7-11(12)13(17)9-16-14(18)10-5-1-2-6-10/h1-4,7-8,10,13,17H,5-6,9H2,(H,16,18). The van der Waals surface area contributed by atoms with Crippen molar-refractivity contribution >= 4 is 5.91 Å². The summed E-state index contributed by atoms with van der Waals surface area (Å²) in [6.07, 6.45) is 4.41. The molecule has 1 aromatic carbocycles. The van der Waals surface area contributed by atoms with Crippen LogP contribution in [0.2, 0.25) is 0 Å². The van der Waals surface area contributed by atoms with Crippen LogP contribution in [0.4, 0.5) is 4.39 Å². The number of rotatable bonds is 4. The van der Waals surface area contributed by atoms with Gasteiger partial charge in [-0.25, -0.2) is 4.39 Å². The molecule has 4 heteroatoms. The number of allylic oxidation sites excluding steroid dienone is 2. The minimum absolute atomic E-state index is 0.0380. The first-order chi connectivity index (χ1) is 8.68. The lowest BCUT2D eigenvalue weighted by Gasteiger charge is -2.15. The molecule has 0 saturated carbocycles. The average Bonchev–Trinajstić information content (AvgIpc) is 2.90. The van der Waals surface area contributed by atoms with Crippen molar-refractivity contribution in [3.05, 3.63) is 47.8 Å². The van der Waals surface area contributed by atoms with Gasteiger partial charge in [-0.3, -0.25) is 4.79 Å². The number of amides is 1. The Labute approximate surface area is 105 Å². The summed E-state index contributed by atoms with van der Waals surface area (Å²) < 4.78 is 13.4. The van der Waals surface area contributed by atoms with Gasteiger partial charge in [0.25, 0.3) is 0 Å². The van der Waals surface area contributed by atoms with Gasteiger partial charge in [-0.05, 0) is 18.9 Å². The predicted molar refractivity (Wildman–Crippen MR) is 66.2 cm³/mol. The molecule has 0 aliphatic heterocycles. The molecule has 3 nitrogen and oxygen atoms in total. The first-order valence-electron chi connectivity index (χ1n) is 6.03. The third kappa shape index (κ3) is 2.96. The summed E-state index contributed by atoms with van der Waals surface area (Å²) >= 11 is 0. The van der Waals surface area contributed by atoms with Crippen molar-refractivity contribution in [3.63, 3.8) is 0 Å². The Bertz CT molecular complexity index is 451. The van der Waals surface area contributed by atoms with Gasteiger partial charge in [0.15, 0.2) is 0 Å². The van der Waals surface area contributed by atoms with Crippen molar-refractivity contribution in [1.82, 2.24) is 5.32 Å². The van der Waals surface area contributed by atoms with E-state index in [1.165, 1.54) is 12.1 Å². The summed E-state index contributed by atoms with van der Waals surface area (Å²) in [5.74, 6) is -0.588. The van der Waals surface area contributed by atoms with Crippen molar-refractivity contribution in [2.75, 3.05) is 6.54 Å². The number of halogens is 1. The molecular weight excluding hydrogens is 233 g/mol. The topological polar surface area (TPSA) is 49.3 Å². The minimum atomic E-state index is -1.01. The predicted octanol–water partition coefficient (Wildman–Crippen LogP) is 1.94. The molecule has 1 aromatic rings. The van der Waals surface area contributed by atoms with Gasteiger partial charge in [-0.2, -0.15) is 0 Å². The SMILES string of the molecule is O=C(NCC(O)c1ccccc1F)C1CC=CC1. The van der Waals surface area contributed by atoms with Crippen molar-refractivity contribution in [2.45, 2.75) is 18.9 Å². The lowest BCUT2D eigenvalue weighted by molar-refractivity contribution is -0.125. The second-order valence-corrected chi connectivity index (χ2v) is 4.42. The van der Waals surface area contributed by atoms with Gasteiger partial charge in [-0.15, -0.1) is 0 Å². The minimum Gasteiger partial charge on any atom is -0.386 e. The van der Waals surface area contributed by atoms with Crippen molar-refractivity contribution in [3.8, 4) is 0 Å². The molecule has 1 amide bonds. The smallest absolute Gasteiger partial charge is 0.223 e. The van der Waals surface area contributed by atoms with Crippen LogP contribution in [0.15, 0.2) is 36.4 Å². The van der Waals surface area contributed by atoms with Crippen LogP contribution in [0.3, 0.4) is 0 Å². The van der Waals surface area contributed by atoms with Crippen LogP contribution < -0.4 is 5.32 Å². The molecule has 1 aliphatic carbocycles. The third-order valence-electron chi connectivity index (χ3n) is 3.11. The quantitative estimate of drug-likeness (QED) is 0.801. The van der Waals surface area contributed by atoms with Gasteiger partial charge in [0.2, 0.25) is 5.91 Å². The maximum absolute atomic E-state index is 13.4. The second-order valence-electron chi connectivity index (χ2n) is 4.42. The highest BCUT2D eigenvalue weighted by Crippen LogP contribution is 2.19. The van der Waals surface area contributed by atoms with E-state index in [4.69, 9.17) is 0 Å². The summed E-state index contributed by atoms with van der Waals surface area (Å²) in [5.41, 5.74) is 0.211. The zero-order chi connectivity index (χ0) is 13.0. The number of hydrogen-bond donors (Lipinski definition) is 2. The third-order valence-corrected chi connectivity index (χ3v) is 3.11. The molecule has 1 aliphatic rings. The van der Waals surface area contributed by atoms with Gasteiger partial charge in [0, 0.05) is 18.0 Å². The molecule has 18 heavy (non-hydrogen) atoms. The molecule has 0 saturated heterocycles. The maximum atomic E-state index is 13.4. The molecule has 1 atom stereocenters. The molecule has 1 unspecified atom stereocenters. The van der Waals surface area contributed by atoms with Gasteiger partial charge >= 0.3 is 0 Å². The lowest BCUT2D eigenvalue weighted by atomic mass is 10.1. The number of aliphatic hydroxyl groups is 1. The van der Waals surface area contributed by atoms with Gasteiger partial charge < -0.3 is 10.4 Å². The largest absolute Gasteiger partial charge is 0.386 e. The lowest BCUT2D eigenvalue weighted by Crippen LogP contribution is -2.33. The molecule has 96 valence electrons. The molecule has 0 radical (unpaired) electrons. The fraction of sp³-hybridized carbons (Fsp3) is 0.357. The van der Waals surface area contributed by atoms with Gasteiger partial charge in [-0.1, -0.05) is 30.4 Å². The molecular formula is C14H16FNO2. The highest BCUT2D eigenvalue weighted by atomic mass is 19.1. The number of carbonyl (C=O) groups excluding carboxylic acids is 1. The van der Waals surface area contributed by atoms with Crippen LogP contribution in [0.25, 0.3) is 0 Å². The summed E-state index contributed by atoms with van der Waals surface area (Å²) in [5, 5.41) is 12.5. The van der Waals surface area contributed by atoms with E-state index in [0.29, 0.717) is 0 Å². The average molecular weight is 249 g/mol. The van der Waals surface area contributed by atoms with Crippen LogP contribution in [0, 0.1) is 11.7 Å². The Morgan fingerprint density at radius 1 is 1.39 bits per heavy atom. The molecule has 0 fully saturated rings. The van der Waals surface area contributed by atoms with E-state index in [9.17, 15) is 14.3 Å². The van der Waals surface area contributed by atoms with Crippen LogP contribution in [-0.2, 0) is 4.79 Å².